The molecule has 1 N–H and O–H groups in total. The average Bonchev–Trinajstić information content (AvgIpc) is 2.43. The lowest BCUT2D eigenvalue weighted by Crippen LogP contribution is -2.45. The molecule has 0 aliphatic carbocycles. The minimum atomic E-state index is -3.95. The van der Waals surface area contributed by atoms with Crippen LogP contribution < -0.4 is 4.72 Å². The second kappa shape index (κ2) is 7.01. The zero-order chi connectivity index (χ0) is 15.3. The van der Waals surface area contributed by atoms with Gasteiger partial charge in [0.05, 0.1) is 12.1 Å². The van der Waals surface area contributed by atoms with Crippen LogP contribution in [0.2, 0.25) is 5.02 Å². The van der Waals surface area contributed by atoms with Gasteiger partial charge in [-0.2, -0.15) is 4.72 Å². The Labute approximate surface area is 123 Å². The number of hydrogen-bond acceptors (Lipinski definition) is 5. The van der Waals surface area contributed by atoms with E-state index in [0.717, 1.165) is 6.20 Å². The minimum Gasteiger partial charge on any atom is -0.468 e. The Bertz CT molecular complexity index is 577. The molecule has 0 aromatic carbocycles. The molecule has 0 aliphatic rings. The number of esters is 1. The Kier molecular flexibility index (Phi) is 5.91. The smallest absolute Gasteiger partial charge is 0.324 e. The first kappa shape index (κ1) is 16.9. The van der Waals surface area contributed by atoms with Gasteiger partial charge < -0.3 is 4.74 Å². The molecule has 0 aliphatic heterocycles. The first-order valence-electron chi connectivity index (χ1n) is 6.03. The zero-order valence-corrected chi connectivity index (χ0v) is 13.0. The fourth-order valence-corrected chi connectivity index (χ4v) is 3.27. The summed E-state index contributed by atoms with van der Waals surface area (Å²) < 4.78 is 31.5. The third kappa shape index (κ3) is 3.91. The molecule has 2 atom stereocenters. The summed E-state index contributed by atoms with van der Waals surface area (Å²) in [5.41, 5.74) is 0. The molecule has 0 amide bonds. The second-order valence-electron chi connectivity index (χ2n) is 4.31. The predicted octanol–water partition coefficient (Wildman–Crippen LogP) is 1.60. The van der Waals surface area contributed by atoms with Gasteiger partial charge in [-0.3, -0.25) is 9.78 Å². The number of halogens is 1. The van der Waals surface area contributed by atoms with E-state index in [-0.39, 0.29) is 15.8 Å². The molecule has 1 aromatic heterocycles. The van der Waals surface area contributed by atoms with Crippen LogP contribution in [-0.4, -0.2) is 32.5 Å². The van der Waals surface area contributed by atoms with Crippen molar-refractivity contribution in [2.45, 2.75) is 31.2 Å². The molecule has 0 spiro atoms. The normalized spacial score (nSPS) is 14.6. The number of methoxy groups -OCH3 is 1. The maximum Gasteiger partial charge on any atom is 0.324 e. The summed E-state index contributed by atoms with van der Waals surface area (Å²) in [7, 11) is -2.73. The van der Waals surface area contributed by atoms with Gasteiger partial charge in [0.25, 0.3) is 0 Å². The van der Waals surface area contributed by atoms with E-state index in [1.165, 1.54) is 19.4 Å². The summed E-state index contributed by atoms with van der Waals surface area (Å²) in [4.78, 5) is 15.3. The minimum absolute atomic E-state index is 0.0419. The van der Waals surface area contributed by atoms with Gasteiger partial charge in [-0.05, 0) is 12.0 Å². The van der Waals surface area contributed by atoms with Gasteiger partial charge >= 0.3 is 5.97 Å². The van der Waals surface area contributed by atoms with E-state index in [0.29, 0.717) is 6.42 Å². The first-order chi connectivity index (χ1) is 9.33. The first-order valence-corrected chi connectivity index (χ1v) is 7.89. The van der Waals surface area contributed by atoms with Crippen LogP contribution in [0.25, 0.3) is 0 Å². The van der Waals surface area contributed by atoms with Gasteiger partial charge in [-0.25, -0.2) is 8.42 Å². The van der Waals surface area contributed by atoms with Crippen LogP contribution in [0, 0.1) is 5.92 Å². The molecule has 6 nitrogen and oxygen atoms in total. The molecule has 0 saturated heterocycles. The maximum atomic E-state index is 12.3. The molecule has 0 bridgehead atoms. The lowest BCUT2D eigenvalue weighted by Gasteiger charge is -2.21. The van der Waals surface area contributed by atoms with E-state index in [2.05, 4.69) is 14.4 Å². The molecular weight excluding hydrogens is 304 g/mol. The van der Waals surface area contributed by atoms with Crippen molar-refractivity contribution in [3.8, 4) is 0 Å². The molecule has 0 saturated carbocycles. The van der Waals surface area contributed by atoms with Crippen LogP contribution >= 0.6 is 11.6 Å². The van der Waals surface area contributed by atoms with E-state index in [1.807, 2.05) is 6.92 Å². The Morgan fingerprint density at radius 1 is 1.55 bits per heavy atom. The van der Waals surface area contributed by atoms with Crippen LogP contribution in [0.4, 0.5) is 0 Å². The Balaban J connectivity index is 3.10. The van der Waals surface area contributed by atoms with Crippen molar-refractivity contribution in [3.63, 3.8) is 0 Å². The van der Waals surface area contributed by atoms with E-state index >= 15 is 0 Å². The number of hydrogen-bond donors (Lipinski definition) is 1. The number of aromatic nitrogens is 1. The van der Waals surface area contributed by atoms with E-state index in [1.54, 1.807) is 6.92 Å². The summed E-state index contributed by atoms with van der Waals surface area (Å²) >= 11 is 5.84. The molecule has 2 unspecified atom stereocenters. The summed E-state index contributed by atoms with van der Waals surface area (Å²) in [5, 5.41) is 0.0419. The third-order valence-electron chi connectivity index (χ3n) is 2.97. The summed E-state index contributed by atoms with van der Waals surface area (Å²) in [6, 6.07) is 0.401. The fourth-order valence-electron chi connectivity index (χ4n) is 1.55. The van der Waals surface area contributed by atoms with Crippen LogP contribution in [0.3, 0.4) is 0 Å². The van der Waals surface area contributed by atoms with E-state index in [4.69, 9.17) is 11.6 Å². The highest BCUT2D eigenvalue weighted by atomic mass is 35.5. The monoisotopic (exact) mass is 320 g/mol. The molecule has 0 radical (unpaired) electrons. The van der Waals surface area contributed by atoms with Gasteiger partial charge in [0.15, 0.2) is 0 Å². The number of rotatable bonds is 6. The lowest BCUT2D eigenvalue weighted by atomic mass is 10.0. The van der Waals surface area contributed by atoms with Gasteiger partial charge in [0, 0.05) is 12.4 Å². The lowest BCUT2D eigenvalue weighted by molar-refractivity contribution is -0.143. The molecule has 8 heteroatoms. The summed E-state index contributed by atoms with van der Waals surface area (Å²) in [5.74, 6) is -0.851. The van der Waals surface area contributed by atoms with Crippen LogP contribution in [0.5, 0.6) is 0 Å². The highest BCUT2D eigenvalue weighted by Crippen LogP contribution is 2.21. The number of carbonyl (C=O) groups is 1. The molecule has 1 aromatic rings. The van der Waals surface area contributed by atoms with Gasteiger partial charge in [0.2, 0.25) is 10.0 Å². The number of nitrogens with one attached hydrogen (secondary N) is 1. The maximum absolute atomic E-state index is 12.3. The summed E-state index contributed by atoms with van der Waals surface area (Å²) in [6.45, 7) is 3.61. The average molecular weight is 321 g/mol. The van der Waals surface area contributed by atoms with Crippen LogP contribution in [0.1, 0.15) is 20.3 Å². The molecular formula is C12H17ClN2O4S. The number of ether oxygens (including phenoxy) is 1. The topological polar surface area (TPSA) is 85.4 Å². The second-order valence-corrected chi connectivity index (χ2v) is 6.40. The molecule has 1 rings (SSSR count). The van der Waals surface area contributed by atoms with Gasteiger partial charge in [0.1, 0.15) is 10.9 Å². The van der Waals surface area contributed by atoms with Crippen LogP contribution in [-0.2, 0) is 19.6 Å². The standard InChI is InChI=1S/C12H17ClN2O4S/c1-4-8(2)11(12(16)19-3)15-20(17,18)10-7-14-6-5-9(10)13/h5-8,11,15H,4H2,1-3H3. The molecule has 112 valence electrons. The largest absolute Gasteiger partial charge is 0.468 e. The zero-order valence-electron chi connectivity index (χ0n) is 11.5. The highest BCUT2D eigenvalue weighted by molar-refractivity contribution is 7.89. The van der Waals surface area contributed by atoms with Crippen LogP contribution in [0.15, 0.2) is 23.4 Å². The van der Waals surface area contributed by atoms with Crippen molar-refractivity contribution in [3.05, 3.63) is 23.5 Å². The highest BCUT2D eigenvalue weighted by Gasteiger charge is 2.31. The molecule has 0 fully saturated rings. The van der Waals surface area contributed by atoms with Gasteiger partial charge in [-0.1, -0.05) is 31.9 Å². The van der Waals surface area contributed by atoms with Crippen molar-refractivity contribution < 1.29 is 17.9 Å². The van der Waals surface area contributed by atoms with Crippen molar-refractivity contribution in [2.24, 2.45) is 5.92 Å². The Morgan fingerprint density at radius 2 is 2.20 bits per heavy atom. The number of pyridine rings is 1. The predicted molar refractivity (Wildman–Crippen MR) is 74.8 cm³/mol. The molecule has 20 heavy (non-hydrogen) atoms. The Hall–Kier alpha value is -1.18. The number of carbonyl (C=O) groups excluding carboxylic acids is 1. The van der Waals surface area contributed by atoms with Crippen molar-refractivity contribution in [1.29, 1.82) is 0 Å². The quantitative estimate of drug-likeness (QED) is 0.805. The Morgan fingerprint density at radius 3 is 2.70 bits per heavy atom. The third-order valence-corrected chi connectivity index (χ3v) is 4.88. The van der Waals surface area contributed by atoms with E-state index in [9.17, 15) is 13.2 Å². The van der Waals surface area contributed by atoms with E-state index < -0.39 is 22.0 Å². The number of sulfonamides is 1. The van der Waals surface area contributed by atoms with Crippen molar-refractivity contribution in [1.82, 2.24) is 9.71 Å². The van der Waals surface area contributed by atoms with Crippen molar-refractivity contribution in [2.75, 3.05) is 7.11 Å². The SMILES string of the molecule is CCC(C)C(NS(=O)(=O)c1cnccc1Cl)C(=O)OC. The van der Waals surface area contributed by atoms with Gasteiger partial charge in [-0.15, -0.1) is 0 Å². The summed E-state index contributed by atoms with van der Waals surface area (Å²) in [6.07, 6.45) is 3.13. The fraction of sp³-hybridized carbons (Fsp3) is 0.500. The number of nitrogens with zero attached hydrogens (tertiary/aromatic N) is 1. The van der Waals surface area contributed by atoms with Crippen molar-refractivity contribution >= 4 is 27.6 Å². The molecule has 1 heterocycles.